The Bertz CT molecular complexity index is 1350. The molecule has 0 aromatic heterocycles. The first kappa shape index (κ1) is 66.6. The zero-order valence-electron chi connectivity index (χ0n) is 46.0. The van der Waals surface area contributed by atoms with E-state index in [1.807, 2.05) is 0 Å². The molecule has 0 saturated carbocycles. The summed E-state index contributed by atoms with van der Waals surface area (Å²) < 4.78 is 16.7. The first-order chi connectivity index (χ1) is 34.5. The van der Waals surface area contributed by atoms with Gasteiger partial charge in [0.1, 0.15) is 13.2 Å². The zero-order chi connectivity index (χ0) is 50.7. The molecule has 6 nitrogen and oxygen atoms in total. The second-order valence-corrected chi connectivity index (χ2v) is 19.5. The summed E-state index contributed by atoms with van der Waals surface area (Å²) >= 11 is 0. The van der Waals surface area contributed by atoms with E-state index in [9.17, 15) is 14.4 Å². The van der Waals surface area contributed by atoms with Crippen LogP contribution in [0.5, 0.6) is 0 Å². The van der Waals surface area contributed by atoms with Crippen molar-refractivity contribution in [2.75, 3.05) is 13.2 Å². The Kier molecular flexibility index (Phi) is 55.3. The minimum Gasteiger partial charge on any atom is -0.462 e. The highest BCUT2D eigenvalue weighted by Gasteiger charge is 2.19. The molecule has 402 valence electrons. The van der Waals surface area contributed by atoms with Gasteiger partial charge >= 0.3 is 17.9 Å². The lowest BCUT2D eigenvalue weighted by Gasteiger charge is -2.18. The van der Waals surface area contributed by atoms with Crippen LogP contribution < -0.4 is 0 Å². The maximum absolute atomic E-state index is 12.8. The summed E-state index contributed by atoms with van der Waals surface area (Å²) in [6.45, 7) is 6.45. The molecular weight excluding hydrogens is 865 g/mol. The van der Waals surface area contributed by atoms with Gasteiger partial charge in [0.05, 0.1) is 0 Å². The molecule has 1 unspecified atom stereocenters. The fourth-order valence-corrected chi connectivity index (χ4v) is 8.21. The predicted octanol–water partition coefficient (Wildman–Crippen LogP) is 19.9. The minimum absolute atomic E-state index is 0.0788. The van der Waals surface area contributed by atoms with E-state index in [1.165, 1.54) is 141 Å². The lowest BCUT2D eigenvalue weighted by Crippen LogP contribution is -2.30. The van der Waals surface area contributed by atoms with Gasteiger partial charge in [0, 0.05) is 19.3 Å². The molecule has 0 aliphatic carbocycles. The molecule has 6 heteroatoms. The second-order valence-electron chi connectivity index (χ2n) is 19.5. The van der Waals surface area contributed by atoms with Crippen molar-refractivity contribution in [3.05, 3.63) is 85.1 Å². The summed E-state index contributed by atoms with van der Waals surface area (Å²) in [5.41, 5.74) is 0. The van der Waals surface area contributed by atoms with Crippen molar-refractivity contribution < 1.29 is 28.6 Å². The summed E-state index contributed by atoms with van der Waals surface area (Å²) in [7, 11) is 0. The normalized spacial score (nSPS) is 12.7. The lowest BCUT2D eigenvalue weighted by molar-refractivity contribution is -0.167. The Morgan fingerprint density at radius 2 is 0.557 bits per heavy atom. The molecule has 0 spiro atoms. The summed E-state index contributed by atoms with van der Waals surface area (Å²) in [5, 5.41) is 0. The third-order valence-electron chi connectivity index (χ3n) is 12.6. The van der Waals surface area contributed by atoms with Crippen molar-refractivity contribution in [1.82, 2.24) is 0 Å². The lowest BCUT2D eigenvalue weighted by atomic mass is 10.1. The summed E-state index contributed by atoms with van der Waals surface area (Å²) in [4.78, 5) is 37.8. The molecule has 0 rings (SSSR count). The molecule has 0 N–H and O–H groups in total. The van der Waals surface area contributed by atoms with Crippen LogP contribution in [0, 0.1) is 0 Å². The van der Waals surface area contributed by atoms with Gasteiger partial charge in [-0.15, -0.1) is 0 Å². The quantitative estimate of drug-likeness (QED) is 0.0261. The number of carbonyl (C=O) groups excluding carboxylic acids is 3. The van der Waals surface area contributed by atoms with Crippen LogP contribution in [0.25, 0.3) is 0 Å². The number of rotatable bonds is 53. The van der Waals surface area contributed by atoms with E-state index in [4.69, 9.17) is 14.2 Å². The average molecular weight is 976 g/mol. The van der Waals surface area contributed by atoms with Crippen LogP contribution in [0.1, 0.15) is 284 Å². The number of hydrogen-bond acceptors (Lipinski definition) is 6. The van der Waals surface area contributed by atoms with Gasteiger partial charge in [-0.2, -0.15) is 0 Å². The predicted molar refractivity (Wildman–Crippen MR) is 302 cm³/mol. The third kappa shape index (κ3) is 55.5. The number of unbranched alkanes of at least 4 members (excludes halogenated alkanes) is 28. The molecule has 70 heavy (non-hydrogen) atoms. The van der Waals surface area contributed by atoms with Crippen molar-refractivity contribution >= 4 is 17.9 Å². The Labute approximate surface area is 433 Å². The third-order valence-corrected chi connectivity index (χ3v) is 12.6. The molecule has 1 atom stereocenters. The Hall–Kier alpha value is -3.41. The molecule has 0 bridgehead atoms. The Balaban J connectivity index is 4.07. The first-order valence-corrected chi connectivity index (χ1v) is 29.6. The van der Waals surface area contributed by atoms with Crippen LogP contribution in [-0.4, -0.2) is 37.2 Å². The SMILES string of the molecule is CC/C=C\C/C=C\C/C=C\C/C=C\C/C=C\C/C=C\CCCCCCCCCCCCC(=O)OCC(COC(=O)CCCCCCC)OC(=O)CCCCCCCCC/C=C\CCCCCCCCC. The molecule has 0 aromatic rings. The van der Waals surface area contributed by atoms with E-state index >= 15 is 0 Å². The Morgan fingerprint density at radius 3 is 0.886 bits per heavy atom. The highest BCUT2D eigenvalue weighted by molar-refractivity contribution is 5.71. The van der Waals surface area contributed by atoms with E-state index < -0.39 is 6.10 Å². The van der Waals surface area contributed by atoms with E-state index in [1.54, 1.807) is 0 Å². The van der Waals surface area contributed by atoms with Crippen molar-refractivity contribution in [2.45, 2.75) is 290 Å². The van der Waals surface area contributed by atoms with Crippen molar-refractivity contribution in [2.24, 2.45) is 0 Å². The van der Waals surface area contributed by atoms with Gasteiger partial charge in [0.2, 0.25) is 0 Å². The maximum atomic E-state index is 12.8. The van der Waals surface area contributed by atoms with Gasteiger partial charge in [-0.05, 0) is 96.3 Å². The fraction of sp³-hybridized carbons (Fsp3) is 0.734. The summed E-state index contributed by atoms with van der Waals surface area (Å²) in [6, 6.07) is 0. The topological polar surface area (TPSA) is 78.9 Å². The summed E-state index contributed by atoms with van der Waals surface area (Å²) in [6.07, 6.45) is 76.2. The zero-order valence-corrected chi connectivity index (χ0v) is 46.0. The van der Waals surface area contributed by atoms with Gasteiger partial charge in [-0.25, -0.2) is 0 Å². The standard InChI is InChI=1S/C64H110O6/c1-4-7-10-13-15-17-19-21-23-25-27-28-29-30-31-32-33-34-35-36-37-39-40-42-44-46-48-51-54-57-63(66)69-60-61(59-68-62(65)56-53-50-12-9-6-3)70-64(67)58-55-52-49-47-45-43-41-38-26-24-22-20-18-16-14-11-8-5-2/h7,10,15,17,21,23-24,26-28,30-31,33-34,61H,4-6,8-9,11-14,16,18-20,22,25,29,32,35-60H2,1-3H3/b10-7-,17-15-,23-21-,26-24-,28-27-,31-30-,34-33-. The number of ether oxygens (including phenoxy) is 3. The maximum Gasteiger partial charge on any atom is 0.306 e. The number of allylic oxidation sites excluding steroid dienone is 14. The van der Waals surface area contributed by atoms with Crippen LogP contribution in [-0.2, 0) is 28.6 Å². The van der Waals surface area contributed by atoms with E-state index in [2.05, 4.69) is 106 Å². The average Bonchev–Trinajstić information content (AvgIpc) is 3.36. The second kappa shape index (κ2) is 58.2. The molecule has 0 aromatic carbocycles. The summed E-state index contributed by atoms with van der Waals surface area (Å²) in [5.74, 6) is -0.895. The molecule has 0 radical (unpaired) electrons. The minimum atomic E-state index is -0.776. The van der Waals surface area contributed by atoms with Gasteiger partial charge in [0.15, 0.2) is 6.10 Å². The van der Waals surface area contributed by atoms with Crippen LogP contribution in [0.15, 0.2) is 85.1 Å². The van der Waals surface area contributed by atoms with Gasteiger partial charge in [-0.1, -0.05) is 254 Å². The van der Waals surface area contributed by atoms with Gasteiger partial charge in [0.25, 0.3) is 0 Å². The first-order valence-electron chi connectivity index (χ1n) is 29.6. The molecule has 0 aliphatic heterocycles. The number of esters is 3. The molecule has 0 aliphatic rings. The van der Waals surface area contributed by atoms with Crippen molar-refractivity contribution in [3.63, 3.8) is 0 Å². The Morgan fingerprint density at radius 1 is 0.300 bits per heavy atom. The number of hydrogen-bond donors (Lipinski definition) is 0. The monoisotopic (exact) mass is 975 g/mol. The van der Waals surface area contributed by atoms with Gasteiger partial charge in [-0.3, -0.25) is 14.4 Å². The van der Waals surface area contributed by atoms with E-state index in [0.717, 1.165) is 103 Å². The van der Waals surface area contributed by atoms with E-state index in [0.29, 0.717) is 19.3 Å². The van der Waals surface area contributed by atoms with Crippen LogP contribution in [0.2, 0.25) is 0 Å². The molecule has 0 saturated heterocycles. The van der Waals surface area contributed by atoms with Crippen molar-refractivity contribution in [3.8, 4) is 0 Å². The van der Waals surface area contributed by atoms with E-state index in [-0.39, 0.29) is 31.1 Å². The largest absolute Gasteiger partial charge is 0.462 e. The van der Waals surface area contributed by atoms with Crippen LogP contribution >= 0.6 is 0 Å². The molecule has 0 heterocycles. The highest BCUT2D eigenvalue weighted by Crippen LogP contribution is 2.15. The molecular formula is C64H110O6. The smallest absolute Gasteiger partial charge is 0.306 e. The molecule has 0 fully saturated rings. The highest BCUT2D eigenvalue weighted by atomic mass is 16.6. The van der Waals surface area contributed by atoms with Crippen LogP contribution in [0.4, 0.5) is 0 Å². The fourth-order valence-electron chi connectivity index (χ4n) is 8.21. The number of carbonyl (C=O) groups is 3. The van der Waals surface area contributed by atoms with Gasteiger partial charge < -0.3 is 14.2 Å². The van der Waals surface area contributed by atoms with Crippen LogP contribution in [0.3, 0.4) is 0 Å². The molecule has 0 amide bonds. The van der Waals surface area contributed by atoms with Crippen molar-refractivity contribution in [1.29, 1.82) is 0 Å².